The van der Waals surface area contributed by atoms with Crippen molar-refractivity contribution in [3.8, 4) is 0 Å². The van der Waals surface area contributed by atoms with E-state index >= 15 is 4.79 Å². The first-order valence-electron chi connectivity index (χ1n) is 13.9. The summed E-state index contributed by atoms with van der Waals surface area (Å²) in [4.78, 5) is 53.6. The summed E-state index contributed by atoms with van der Waals surface area (Å²) in [6, 6.07) is 1.80. The molecule has 9 heteroatoms. The van der Waals surface area contributed by atoms with Gasteiger partial charge in [-0.3, -0.25) is 19.2 Å². The van der Waals surface area contributed by atoms with Gasteiger partial charge in [-0.1, -0.05) is 27.7 Å². The van der Waals surface area contributed by atoms with Gasteiger partial charge in [0.2, 0.25) is 0 Å². The number of Topliss-reactive ketones (excluding diaryl/α,β-unsaturated/α-hetero) is 1. The first kappa shape index (κ1) is 26.5. The molecule has 0 amide bonds. The molecule has 0 aromatic carbocycles. The summed E-state index contributed by atoms with van der Waals surface area (Å²) >= 11 is 0. The Balaban J connectivity index is 1.61. The molecule has 1 aromatic rings. The third-order valence-electron chi connectivity index (χ3n) is 12.0. The Morgan fingerprint density at radius 3 is 2.46 bits per heavy atom. The lowest BCUT2D eigenvalue weighted by molar-refractivity contribution is -0.284. The summed E-state index contributed by atoms with van der Waals surface area (Å²) in [5, 5.41) is 0. The number of hydrogen-bond acceptors (Lipinski definition) is 9. The first-order valence-corrected chi connectivity index (χ1v) is 13.9. The van der Waals surface area contributed by atoms with Crippen LogP contribution in [0.4, 0.5) is 0 Å². The van der Waals surface area contributed by atoms with Crippen LogP contribution in [0.2, 0.25) is 0 Å². The number of cyclic esters (lactones) is 2. The summed E-state index contributed by atoms with van der Waals surface area (Å²) in [5.74, 6) is -2.91. The predicted octanol–water partition coefficient (Wildman–Crippen LogP) is 4.18. The highest BCUT2D eigenvalue weighted by Gasteiger charge is 2.83. The Hall–Kier alpha value is -2.68. The molecule has 6 rings (SSSR count). The number of ether oxygens (including phenoxy) is 4. The van der Waals surface area contributed by atoms with Gasteiger partial charge in [-0.15, -0.1) is 0 Å². The second-order valence-corrected chi connectivity index (χ2v) is 13.6. The number of hydrogen-bond donors (Lipinski definition) is 0. The lowest BCUT2D eigenvalue weighted by atomic mass is 9.31. The summed E-state index contributed by atoms with van der Waals surface area (Å²) < 4.78 is 29.7. The van der Waals surface area contributed by atoms with E-state index in [1.54, 1.807) is 18.6 Å². The summed E-state index contributed by atoms with van der Waals surface area (Å²) in [6.07, 6.45) is 2.28. The Bertz CT molecular complexity index is 1250. The van der Waals surface area contributed by atoms with Gasteiger partial charge in [0, 0.05) is 40.1 Å². The zero-order chi connectivity index (χ0) is 28.3. The molecule has 2 saturated carbocycles. The minimum atomic E-state index is -1.14. The molecular formula is C30H38O9. The molecule has 1 spiro atoms. The minimum Gasteiger partial charge on any atom is -0.472 e. The maximum atomic E-state index is 15.0. The molecule has 10 atom stereocenters. The topological polar surface area (TPSA) is 118 Å². The molecule has 4 heterocycles. The highest BCUT2D eigenvalue weighted by atomic mass is 16.6. The molecule has 0 radical (unpaired) electrons. The van der Waals surface area contributed by atoms with Crippen LogP contribution in [-0.2, 0) is 38.1 Å². The SMILES string of the molecule is CC(=O)O[C@H]1C(=O)[C@]2(C)[C@@H](CC[C@]3(C)[C@@H](c4ccoc4)OC(=O)[C@@H](C)[C@@]32C)[C@@]23COC(=O)C[C@H]2OC(C)(C)[C@@H]13. The van der Waals surface area contributed by atoms with Crippen molar-refractivity contribution >= 4 is 23.7 Å². The van der Waals surface area contributed by atoms with Gasteiger partial charge in [0.15, 0.2) is 11.9 Å². The molecule has 0 bridgehead atoms. The quantitative estimate of drug-likeness (QED) is 0.400. The van der Waals surface area contributed by atoms with Crippen molar-refractivity contribution < 1.29 is 42.5 Å². The van der Waals surface area contributed by atoms with E-state index in [0.29, 0.717) is 12.8 Å². The number of carbonyl (C=O) groups is 4. The maximum Gasteiger partial charge on any atom is 0.309 e. The molecule has 212 valence electrons. The largest absolute Gasteiger partial charge is 0.472 e. The van der Waals surface area contributed by atoms with Crippen LogP contribution >= 0.6 is 0 Å². The molecule has 2 aliphatic carbocycles. The number of fused-ring (bicyclic) bond motifs is 3. The van der Waals surface area contributed by atoms with Crippen molar-refractivity contribution in [2.75, 3.05) is 6.61 Å². The fourth-order valence-electron chi connectivity index (χ4n) is 10.1. The van der Waals surface area contributed by atoms with Crippen LogP contribution in [0.1, 0.15) is 79.4 Å². The van der Waals surface area contributed by atoms with Crippen molar-refractivity contribution in [1.82, 2.24) is 0 Å². The van der Waals surface area contributed by atoms with Gasteiger partial charge in [-0.25, -0.2) is 0 Å². The monoisotopic (exact) mass is 542 g/mol. The van der Waals surface area contributed by atoms with Crippen LogP contribution in [0.15, 0.2) is 23.0 Å². The Morgan fingerprint density at radius 1 is 1.10 bits per heavy atom. The lowest BCUT2D eigenvalue weighted by Gasteiger charge is -2.72. The number of rotatable bonds is 2. The third kappa shape index (κ3) is 2.95. The van der Waals surface area contributed by atoms with Gasteiger partial charge < -0.3 is 23.4 Å². The molecule has 1 aromatic heterocycles. The minimum absolute atomic E-state index is 0.0662. The van der Waals surface area contributed by atoms with E-state index in [4.69, 9.17) is 23.4 Å². The van der Waals surface area contributed by atoms with Gasteiger partial charge >= 0.3 is 17.9 Å². The fourth-order valence-corrected chi connectivity index (χ4v) is 10.1. The van der Waals surface area contributed by atoms with Crippen molar-refractivity contribution in [2.24, 2.45) is 39.4 Å². The van der Waals surface area contributed by atoms with Gasteiger partial charge in [-0.2, -0.15) is 0 Å². The second kappa shape index (κ2) is 7.95. The molecule has 0 unspecified atom stereocenters. The number of furan rings is 1. The van der Waals surface area contributed by atoms with Crippen LogP contribution in [0.25, 0.3) is 0 Å². The van der Waals surface area contributed by atoms with E-state index in [2.05, 4.69) is 6.92 Å². The van der Waals surface area contributed by atoms with Crippen molar-refractivity contribution in [3.63, 3.8) is 0 Å². The highest BCUT2D eigenvalue weighted by molar-refractivity contribution is 5.94. The van der Waals surface area contributed by atoms with Gasteiger partial charge in [0.05, 0.1) is 36.6 Å². The first-order chi connectivity index (χ1) is 18.2. The van der Waals surface area contributed by atoms with Crippen molar-refractivity contribution in [2.45, 2.75) is 91.6 Å². The Labute approximate surface area is 228 Å². The highest BCUT2D eigenvalue weighted by Crippen LogP contribution is 2.78. The van der Waals surface area contributed by atoms with Crippen LogP contribution in [-0.4, -0.2) is 48.1 Å². The molecule has 39 heavy (non-hydrogen) atoms. The molecule has 0 N–H and O–H groups in total. The summed E-state index contributed by atoms with van der Waals surface area (Å²) in [7, 11) is 0. The smallest absolute Gasteiger partial charge is 0.309 e. The summed E-state index contributed by atoms with van der Waals surface area (Å²) in [5.41, 5.74) is -3.57. The average molecular weight is 543 g/mol. The number of esters is 3. The van der Waals surface area contributed by atoms with Crippen molar-refractivity contribution in [1.29, 1.82) is 0 Å². The Morgan fingerprint density at radius 2 is 1.82 bits per heavy atom. The van der Waals surface area contributed by atoms with Crippen LogP contribution in [0.5, 0.6) is 0 Å². The zero-order valence-corrected chi connectivity index (χ0v) is 23.7. The second-order valence-electron chi connectivity index (χ2n) is 13.6. The van der Waals surface area contributed by atoms with E-state index < -0.39 is 63.4 Å². The van der Waals surface area contributed by atoms with Crippen molar-refractivity contribution in [3.05, 3.63) is 24.2 Å². The van der Waals surface area contributed by atoms with Gasteiger partial charge in [0.25, 0.3) is 0 Å². The molecule has 5 fully saturated rings. The van der Waals surface area contributed by atoms with Crippen LogP contribution in [0, 0.1) is 39.4 Å². The van der Waals surface area contributed by atoms with E-state index in [0.717, 1.165) is 5.56 Å². The van der Waals surface area contributed by atoms with E-state index in [-0.39, 0.29) is 36.7 Å². The number of carbonyl (C=O) groups excluding carboxylic acids is 4. The molecule has 9 nitrogen and oxygen atoms in total. The summed E-state index contributed by atoms with van der Waals surface area (Å²) in [6.45, 7) is 13.1. The lowest BCUT2D eigenvalue weighted by Crippen LogP contribution is -2.77. The normalized spacial score (nSPS) is 48.1. The molecule has 5 aliphatic rings. The molecule has 3 saturated heterocycles. The Kier molecular flexibility index (Phi) is 5.41. The van der Waals surface area contributed by atoms with Gasteiger partial charge in [-0.05, 0) is 38.7 Å². The average Bonchev–Trinajstić information content (AvgIpc) is 3.46. The number of ketones is 1. The fraction of sp³-hybridized carbons (Fsp3) is 0.733. The zero-order valence-electron chi connectivity index (χ0n) is 23.7. The molecule has 3 aliphatic heterocycles. The molecular weight excluding hydrogens is 504 g/mol. The van der Waals surface area contributed by atoms with Crippen LogP contribution in [0.3, 0.4) is 0 Å². The van der Waals surface area contributed by atoms with E-state index in [9.17, 15) is 14.4 Å². The van der Waals surface area contributed by atoms with E-state index in [1.807, 2.05) is 34.6 Å². The van der Waals surface area contributed by atoms with Crippen LogP contribution < -0.4 is 0 Å². The van der Waals surface area contributed by atoms with Gasteiger partial charge in [0.1, 0.15) is 12.7 Å². The standard InChI is InChI=1S/C30H38O9/c1-15-25(34)38-24(17-9-11-35-13-17)27(5)10-8-18-28(6,29(15,27)7)23(33)21(37-16(2)31)22-26(3,4)39-19-12-20(32)36-14-30(18,19)22/h9,11,13,15,18-19,21-22,24H,8,10,12,14H2,1-7H3/t15-,18-,19-,21-,22-,24-,27-,28+,29+,30+/m1/s1. The van der Waals surface area contributed by atoms with E-state index in [1.165, 1.54) is 6.92 Å². The third-order valence-corrected chi connectivity index (χ3v) is 12.0. The predicted molar refractivity (Wildman–Crippen MR) is 135 cm³/mol. The maximum absolute atomic E-state index is 15.0.